The third-order valence-corrected chi connectivity index (χ3v) is 1.01. The van der Waals surface area contributed by atoms with E-state index in [2.05, 4.69) is 4.74 Å². The summed E-state index contributed by atoms with van der Waals surface area (Å²) >= 11 is 0. The highest BCUT2D eigenvalue weighted by atomic mass is 16.6. The van der Waals surface area contributed by atoms with E-state index in [1.807, 2.05) is 0 Å². The van der Waals surface area contributed by atoms with Crippen molar-refractivity contribution < 1.29 is 19.1 Å². The van der Waals surface area contributed by atoms with Crippen molar-refractivity contribution in [3.63, 3.8) is 0 Å². The second kappa shape index (κ2) is 5.35. The molecule has 0 bridgehead atoms. The second-order valence-electron chi connectivity index (χ2n) is 2.13. The van der Waals surface area contributed by atoms with Gasteiger partial charge in [-0.3, -0.25) is 9.59 Å². The molecular weight excluding hydrogens is 160 g/mol. The molecule has 0 aliphatic heterocycles. The number of allylic oxidation sites excluding steroid dienone is 1. The number of carbonyl (C=O) groups excluding carboxylic acids is 2. The zero-order chi connectivity index (χ0) is 9.56. The molecule has 4 nitrogen and oxygen atoms in total. The van der Waals surface area contributed by atoms with Gasteiger partial charge in [-0.2, -0.15) is 0 Å². The first-order chi connectivity index (χ1) is 5.56. The summed E-state index contributed by atoms with van der Waals surface area (Å²) in [5.74, 6) is -0.477. The number of esters is 2. The van der Waals surface area contributed by atoms with Crippen LogP contribution in [0.4, 0.5) is 0 Å². The number of rotatable bonds is 3. The number of hydrogen-bond acceptors (Lipinski definition) is 4. The Morgan fingerprint density at radius 1 is 1.25 bits per heavy atom. The van der Waals surface area contributed by atoms with Crippen LogP contribution in [0.2, 0.25) is 0 Å². The van der Waals surface area contributed by atoms with Crippen molar-refractivity contribution >= 4 is 11.9 Å². The van der Waals surface area contributed by atoms with Gasteiger partial charge in [0.2, 0.25) is 0 Å². The predicted molar refractivity (Wildman–Crippen MR) is 42.2 cm³/mol. The summed E-state index contributed by atoms with van der Waals surface area (Å²) in [6.07, 6.45) is 1.57. The van der Waals surface area contributed by atoms with E-state index >= 15 is 0 Å². The minimum absolute atomic E-state index is 0.00537. The standard InChI is InChI=1S/C8H12O4/c1-4-8(12-7(3)10)5-11-6(2)9/h4H,5H2,1-3H3/b8-4-. The van der Waals surface area contributed by atoms with Gasteiger partial charge >= 0.3 is 11.9 Å². The van der Waals surface area contributed by atoms with Crippen LogP contribution in [-0.4, -0.2) is 18.5 Å². The molecule has 68 valence electrons. The first-order valence-electron chi connectivity index (χ1n) is 3.53. The average Bonchev–Trinajstić information content (AvgIpc) is 1.97. The van der Waals surface area contributed by atoms with Crippen molar-refractivity contribution in [2.75, 3.05) is 6.61 Å². The Labute approximate surface area is 71.2 Å². The first kappa shape index (κ1) is 10.7. The zero-order valence-electron chi connectivity index (χ0n) is 7.42. The molecule has 4 heteroatoms. The van der Waals surface area contributed by atoms with E-state index in [-0.39, 0.29) is 6.61 Å². The van der Waals surface area contributed by atoms with Crippen LogP contribution in [0.3, 0.4) is 0 Å². The van der Waals surface area contributed by atoms with E-state index in [0.29, 0.717) is 5.76 Å². The maximum absolute atomic E-state index is 10.5. The molecule has 0 atom stereocenters. The molecule has 0 aromatic rings. The van der Waals surface area contributed by atoms with Gasteiger partial charge < -0.3 is 9.47 Å². The summed E-state index contributed by atoms with van der Waals surface area (Å²) < 4.78 is 9.31. The normalized spacial score (nSPS) is 10.8. The zero-order valence-corrected chi connectivity index (χ0v) is 7.42. The SMILES string of the molecule is C/C=C(/COC(C)=O)OC(C)=O. The highest BCUT2D eigenvalue weighted by Gasteiger charge is 2.02. The summed E-state index contributed by atoms with van der Waals surface area (Å²) in [4.78, 5) is 20.8. The maximum Gasteiger partial charge on any atom is 0.307 e. The molecule has 0 saturated carbocycles. The van der Waals surface area contributed by atoms with Gasteiger partial charge in [-0.05, 0) is 13.0 Å². The Morgan fingerprint density at radius 2 is 1.83 bits per heavy atom. The molecule has 12 heavy (non-hydrogen) atoms. The number of ether oxygens (including phenoxy) is 2. The Morgan fingerprint density at radius 3 is 2.17 bits per heavy atom. The first-order valence-corrected chi connectivity index (χ1v) is 3.53. The summed E-state index contributed by atoms with van der Waals surface area (Å²) in [6.45, 7) is 4.28. The second-order valence-corrected chi connectivity index (χ2v) is 2.13. The van der Waals surface area contributed by atoms with Gasteiger partial charge in [0.1, 0.15) is 12.4 Å². The minimum atomic E-state index is -0.421. The van der Waals surface area contributed by atoms with Crippen molar-refractivity contribution in [2.24, 2.45) is 0 Å². The molecular formula is C8H12O4. The van der Waals surface area contributed by atoms with E-state index in [1.54, 1.807) is 13.0 Å². The third kappa shape index (κ3) is 5.46. The molecule has 0 rings (SSSR count). The fraction of sp³-hybridized carbons (Fsp3) is 0.500. The molecule has 0 spiro atoms. The quantitative estimate of drug-likeness (QED) is 0.471. The molecule has 0 saturated heterocycles. The Hall–Kier alpha value is -1.32. The smallest absolute Gasteiger partial charge is 0.307 e. The van der Waals surface area contributed by atoms with Gasteiger partial charge in [-0.1, -0.05) is 0 Å². The van der Waals surface area contributed by atoms with Crippen molar-refractivity contribution in [3.05, 3.63) is 11.8 Å². The van der Waals surface area contributed by atoms with Gasteiger partial charge in [0.05, 0.1) is 0 Å². The van der Waals surface area contributed by atoms with E-state index in [0.717, 1.165) is 0 Å². The van der Waals surface area contributed by atoms with Crippen molar-refractivity contribution in [3.8, 4) is 0 Å². The molecule has 0 unspecified atom stereocenters. The van der Waals surface area contributed by atoms with E-state index in [1.165, 1.54) is 13.8 Å². The van der Waals surface area contributed by atoms with Crippen LogP contribution in [-0.2, 0) is 19.1 Å². The summed E-state index contributed by atoms with van der Waals surface area (Å²) in [5, 5.41) is 0. The highest BCUT2D eigenvalue weighted by molar-refractivity contribution is 5.68. The fourth-order valence-electron chi connectivity index (χ4n) is 0.529. The Kier molecular flexibility index (Phi) is 4.76. The van der Waals surface area contributed by atoms with Gasteiger partial charge in [0.25, 0.3) is 0 Å². The van der Waals surface area contributed by atoms with Crippen molar-refractivity contribution in [2.45, 2.75) is 20.8 Å². The molecule has 0 aliphatic rings. The molecule has 0 N–H and O–H groups in total. The van der Waals surface area contributed by atoms with E-state index in [4.69, 9.17) is 4.74 Å². The Bertz CT molecular complexity index is 205. The molecule has 0 aromatic heterocycles. The molecule has 0 fully saturated rings. The highest BCUT2D eigenvalue weighted by Crippen LogP contribution is 1.98. The Balaban J connectivity index is 3.85. The molecule has 0 radical (unpaired) electrons. The van der Waals surface area contributed by atoms with E-state index < -0.39 is 11.9 Å². The van der Waals surface area contributed by atoms with E-state index in [9.17, 15) is 9.59 Å². The predicted octanol–water partition coefficient (Wildman–Crippen LogP) is 1.02. The van der Waals surface area contributed by atoms with Crippen molar-refractivity contribution in [1.82, 2.24) is 0 Å². The summed E-state index contributed by atoms with van der Waals surface area (Å²) in [7, 11) is 0. The van der Waals surface area contributed by atoms with Gasteiger partial charge in [-0.25, -0.2) is 0 Å². The van der Waals surface area contributed by atoms with Crippen LogP contribution in [0.1, 0.15) is 20.8 Å². The third-order valence-electron chi connectivity index (χ3n) is 1.01. The van der Waals surface area contributed by atoms with Crippen LogP contribution >= 0.6 is 0 Å². The van der Waals surface area contributed by atoms with Crippen LogP contribution in [0.15, 0.2) is 11.8 Å². The molecule has 0 amide bonds. The van der Waals surface area contributed by atoms with Crippen LogP contribution in [0, 0.1) is 0 Å². The lowest BCUT2D eigenvalue weighted by atomic mass is 10.5. The maximum atomic E-state index is 10.5. The monoisotopic (exact) mass is 172 g/mol. The minimum Gasteiger partial charge on any atom is -0.458 e. The average molecular weight is 172 g/mol. The van der Waals surface area contributed by atoms with Crippen LogP contribution in [0.25, 0.3) is 0 Å². The molecule has 0 heterocycles. The lowest BCUT2D eigenvalue weighted by molar-refractivity contribution is -0.145. The number of hydrogen-bond donors (Lipinski definition) is 0. The van der Waals surface area contributed by atoms with Gasteiger partial charge in [0.15, 0.2) is 0 Å². The van der Waals surface area contributed by atoms with Crippen LogP contribution < -0.4 is 0 Å². The summed E-state index contributed by atoms with van der Waals surface area (Å²) in [6, 6.07) is 0. The lowest BCUT2D eigenvalue weighted by Crippen LogP contribution is -2.08. The molecule has 0 aromatic carbocycles. The van der Waals surface area contributed by atoms with Crippen molar-refractivity contribution in [1.29, 1.82) is 0 Å². The molecule has 0 aliphatic carbocycles. The lowest BCUT2D eigenvalue weighted by Gasteiger charge is -2.05. The largest absolute Gasteiger partial charge is 0.458 e. The fourth-order valence-corrected chi connectivity index (χ4v) is 0.529. The van der Waals surface area contributed by atoms with Crippen LogP contribution in [0.5, 0.6) is 0 Å². The number of carbonyl (C=O) groups is 2. The van der Waals surface area contributed by atoms with Gasteiger partial charge in [-0.15, -0.1) is 0 Å². The topological polar surface area (TPSA) is 52.6 Å². The summed E-state index contributed by atoms with van der Waals surface area (Å²) in [5.41, 5.74) is 0. The van der Waals surface area contributed by atoms with Gasteiger partial charge in [0, 0.05) is 13.8 Å².